The van der Waals surface area contributed by atoms with E-state index >= 15 is 0 Å². The zero-order chi connectivity index (χ0) is 33.7. The molecule has 0 radical (unpaired) electrons. The van der Waals surface area contributed by atoms with Crippen LogP contribution < -0.4 is 0 Å². The van der Waals surface area contributed by atoms with E-state index in [-0.39, 0.29) is 25.0 Å². The maximum atomic E-state index is 13.0. The van der Waals surface area contributed by atoms with Gasteiger partial charge in [-0.05, 0) is 115 Å². The van der Waals surface area contributed by atoms with Gasteiger partial charge in [0.25, 0.3) is 0 Å². The number of halogens is 4. The molecule has 4 aromatic carbocycles. The summed E-state index contributed by atoms with van der Waals surface area (Å²) in [6.07, 6.45) is 0. The van der Waals surface area contributed by atoms with E-state index in [0.29, 0.717) is 17.8 Å². The maximum Gasteiger partial charge on any atom is 0.126 e. The third kappa shape index (κ3) is 15.0. The van der Waals surface area contributed by atoms with Crippen LogP contribution in [0.25, 0.3) is 0 Å². The van der Waals surface area contributed by atoms with Crippen LogP contribution in [0.2, 0.25) is 10.0 Å². The minimum Gasteiger partial charge on any atom is -0.207 e. The summed E-state index contributed by atoms with van der Waals surface area (Å²) in [7, 11) is 0. The third-order valence-electron chi connectivity index (χ3n) is 7.33. The van der Waals surface area contributed by atoms with Crippen molar-refractivity contribution in [3.8, 4) is 0 Å². The number of hydrogen-bond acceptors (Lipinski definition) is 0. The molecule has 0 aliphatic heterocycles. The first kappa shape index (κ1) is 42.3. The van der Waals surface area contributed by atoms with Crippen LogP contribution in [0.15, 0.2) is 72.8 Å². The van der Waals surface area contributed by atoms with Gasteiger partial charge in [-0.25, -0.2) is 8.78 Å². The summed E-state index contributed by atoms with van der Waals surface area (Å²) in [6, 6.07) is 22.9. The zero-order valence-electron chi connectivity index (χ0n) is 28.7. The predicted molar refractivity (Wildman–Crippen MR) is 198 cm³/mol. The molecular weight excluding hydrogens is 601 g/mol. The molecular formula is C41H56Cl2F2. The lowest BCUT2D eigenvalue weighted by Gasteiger charge is -2.06. The van der Waals surface area contributed by atoms with Crippen molar-refractivity contribution in [2.24, 2.45) is 0 Å². The van der Waals surface area contributed by atoms with Crippen LogP contribution in [0.4, 0.5) is 8.78 Å². The first-order valence-corrected chi connectivity index (χ1v) is 16.2. The van der Waals surface area contributed by atoms with E-state index < -0.39 is 0 Å². The van der Waals surface area contributed by atoms with Crippen molar-refractivity contribution in [2.75, 3.05) is 0 Å². The molecule has 0 atom stereocenters. The Morgan fingerprint density at radius 1 is 0.444 bits per heavy atom. The molecule has 45 heavy (non-hydrogen) atoms. The van der Waals surface area contributed by atoms with Crippen LogP contribution in [-0.4, -0.2) is 0 Å². The maximum absolute atomic E-state index is 13.0. The Morgan fingerprint density at radius 3 is 1.31 bits per heavy atom. The topological polar surface area (TPSA) is 0 Å². The van der Waals surface area contributed by atoms with Gasteiger partial charge in [0.05, 0.1) is 0 Å². The molecule has 0 fully saturated rings. The Balaban J connectivity index is 0.000000569. The van der Waals surface area contributed by atoms with Gasteiger partial charge in [0, 0.05) is 10.0 Å². The minimum atomic E-state index is -0.116. The molecule has 0 N–H and O–H groups in total. The van der Waals surface area contributed by atoms with Crippen molar-refractivity contribution < 1.29 is 8.78 Å². The lowest BCUT2D eigenvalue weighted by molar-refractivity contribution is 0.597. The second kappa shape index (κ2) is 20.4. The molecule has 0 aliphatic rings. The minimum absolute atomic E-state index is 0. The van der Waals surface area contributed by atoms with Crippen molar-refractivity contribution in [1.29, 1.82) is 0 Å². The van der Waals surface area contributed by atoms with Crippen molar-refractivity contribution in [1.82, 2.24) is 0 Å². The van der Waals surface area contributed by atoms with Gasteiger partial charge in [-0.1, -0.05) is 140 Å². The molecule has 0 saturated carbocycles. The van der Waals surface area contributed by atoms with Gasteiger partial charge >= 0.3 is 0 Å². The van der Waals surface area contributed by atoms with Crippen LogP contribution in [0.5, 0.6) is 0 Å². The van der Waals surface area contributed by atoms with Gasteiger partial charge in [-0.3, -0.25) is 0 Å². The smallest absolute Gasteiger partial charge is 0.126 e. The van der Waals surface area contributed by atoms with E-state index in [1.807, 2.05) is 65.0 Å². The highest BCUT2D eigenvalue weighted by Gasteiger charge is 2.05. The number of aryl methyl sites for hydroxylation is 4. The molecule has 0 bridgehead atoms. The lowest BCUT2D eigenvalue weighted by Crippen LogP contribution is -1.92. The zero-order valence-corrected chi connectivity index (χ0v) is 30.3. The van der Waals surface area contributed by atoms with Crippen LogP contribution in [0.3, 0.4) is 0 Å². The Hall–Kier alpha value is -2.68. The van der Waals surface area contributed by atoms with Crippen molar-refractivity contribution in [3.05, 3.63) is 139 Å². The van der Waals surface area contributed by atoms with Gasteiger partial charge < -0.3 is 0 Å². The first-order chi connectivity index (χ1) is 20.4. The molecule has 0 nitrogen and oxygen atoms in total. The predicted octanol–water partition coefficient (Wildman–Crippen LogP) is 14.7. The van der Waals surface area contributed by atoms with E-state index in [1.54, 1.807) is 13.0 Å². The largest absolute Gasteiger partial charge is 0.207 e. The van der Waals surface area contributed by atoms with E-state index in [4.69, 9.17) is 23.2 Å². The molecule has 0 aromatic heterocycles. The molecule has 4 heteroatoms. The number of rotatable bonds is 4. The Morgan fingerprint density at radius 2 is 0.889 bits per heavy atom. The molecule has 4 rings (SSSR count). The fourth-order valence-corrected chi connectivity index (χ4v) is 4.43. The summed E-state index contributed by atoms with van der Waals surface area (Å²) in [5.74, 6) is 1.70. The van der Waals surface area contributed by atoms with Gasteiger partial charge in [-0.15, -0.1) is 0 Å². The van der Waals surface area contributed by atoms with Gasteiger partial charge in [0.1, 0.15) is 11.6 Å². The Bertz CT molecular complexity index is 1320. The van der Waals surface area contributed by atoms with Crippen molar-refractivity contribution in [3.63, 3.8) is 0 Å². The molecule has 4 aromatic rings. The molecule has 0 spiro atoms. The van der Waals surface area contributed by atoms with Gasteiger partial charge in [0.2, 0.25) is 0 Å². The van der Waals surface area contributed by atoms with Crippen molar-refractivity contribution >= 4 is 23.2 Å². The summed E-state index contributed by atoms with van der Waals surface area (Å²) in [5.41, 5.74) is 8.83. The van der Waals surface area contributed by atoms with Gasteiger partial charge in [-0.2, -0.15) is 0 Å². The second-order valence-corrected chi connectivity index (χ2v) is 13.5. The number of benzene rings is 4. The Kier molecular flexibility index (Phi) is 19.2. The highest BCUT2D eigenvalue weighted by molar-refractivity contribution is 6.31. The lowest BCUT2D eigenvalue weighted by atomic mass is 10.0. The van der Waals surface area contributed by atoms with E-state index in [0.717, 1.165) is 37.9 Å². The molecule has 248 valence electrons. The second-order valence-electron chi connectivity index (χ2n) is 12.7. The molecule has 0 amide bonds. The van der Waals surface area contributed by atoms with E-state index in [2.05, 4.69) is 65.8 Å². The molecule has 0 saturated heterocycles. The van der Waals surface area contributed by atoms with Crippen LogP contribution in [-0.2, 0) is 0 Å². The average molecular weight is 658 g/mol. The highest BCUT2D eigenvalue weighted by Crippen LogP contribution is 2.23. The van der Waals surface area contributed by atoms with E-state index in [9.17, 15) is 8.78 Å². The van der Waals surface area contributed by atoms with Crippen LogP contribution in [0.1, 0.15) is 131 Å². The summed E-state index contributed by atoms with van der Waals surface area (Å²) in [6.45, 7) is 24.7. The summed E-state index contributed by atoms with van der Waals surface area (Å²) in [4.78, 5) is 0. The summed E-state index contributed by atoms with van der Waals surface area (Å²) < 4.78 is 25.8. The monoisotopic (exact) mass is 656 g/mol. The van der Waals surface area contributed by atoms with Gasteiger partial charge in [0.15, 0.2) is 0 Å². The fourth-order valence-electron chi connectivity index (χ4n) is 4.13. The van der Waals surface area contributed by atoms with E-state index in [1.165, 1.54) is 28.8 Å². The van der Waals surface area contributed by atoms with Crippen LogP contribution >= 0.6 is 23.2 Å². The third-order valence-corrected chi connectivity index (χ3v) is 8.16. The molecule has 0 heterocycles. The molecule has 0 unspecified atom stereocenters. The quantitative estimate of drug-likeness (QED) is 0.205. The normalized spacial score (nSPS) is 10.4. The van der Waals surface area contributed by atoms with Crippen molar-refractivity contribution in [2.45, 2.75) is 114 Å². The first-order valence-electron chi connectivity index (χ1n) is 15.5. The number of hydrogen-bond donors (Lipinski definition) is 0. The summed E-state index contributed by atoms with van der Waals surface area (Å²) in [5, 5.41) is 1.73. The highest BCUT2D eigenvalue weighted by atomic mass is 35.5. The SMILES string of the molecule is C.Cc1cc(C(C)C)ccc1Cl.Cc1cc(C(C)C)ccc1F.Cc1ccc(C(C)C)cc1Cl.Cc1ccc(F)c(C(C)C)c1. The Labute approximate surface area is 284 Å². The average Bonchev–Trinajstić information content (AvgIpc) is 2.95. The van der Waals surface area contributed by atoms with Crippen LogP contribution in [0, 0.1) is 39.3 Å². The summed E-state index contributed by atoms with van der Waals surface area (Å²) >= 11 is 11.8. The molecule has 0 aliphatic carbocycles. The fraction of sp³-hybridized carbons (Fsp3) is 0.415. The standard InChI is InChI=1S/2C10H13Cl.2C10H13F.CH4/c1-7(2)9-4-5-10(11)8(3)6-9;1-7(2)9-5-4-8(3)10(11)6-9;1-7(2)9-4-5-10(11)8(3)6-9;1-7(2)9-6-8(3)4-5-10(9)11;/h4*4-7H,1-3H3;1H4.